The van der Waals surface area contributed by atoms with E-state index < -0.39 is 17.7 Å². The highest BCUT2D eigenvalue weighted by Crippen LogP contribution is 2.16. The summed E-state index contributed by atoms with van der Waals surface area (Å²) in [5.74, 6) is -2.60. The first-order chi connectivity index (χ1) is 11.9. The van der Waals surface area contributed by atoms with Gasteiger partial charge in [-0.2, -0.15) is 0 Å². The normalized spacial score (nSPS) is 11.7. The lowest BCUT2D eigenvalue weighted by Crippen LogP contribution is -2.32. The Labute approximate surface area is 149 Å². The van der Waals surface area contributed by atoms with E-state index in [-0.39, 0.29) is 24.8 Å². The Morgan fingerprint density at radius 3 is 2.52 bits per heavy atom. The van der Waals surface area contributed by atoms with E-state index in [0.717, 1.165) is 12.1 Å². The van der Waals surface area contributed by atoms with Gasteiger partial charge >= 0.3 is 0 Å². The molecule has 0 aliphatic carbocycles. The summed E-state index contributed by atoms with van der Waals surface area (Å²) < 4.78 is 26.1. The maximum absolute atomic E-state index is 13.2. The highest BCUT2D eigenvalue weighted by molar-refractivity contribution is 6.33. The number of hydrogen-bond donors (Lipinski definition) is 2. The van der Waals surface area contributed by atoms with Crippen molar-refractivity contribution in [2.75, 3.05) is 6.54 Å². The molecule has 0 aromatic heterocycles. The van der Waals surface area contributed by atoms with Crippen LogP contribution in [0.4, 0.5) is 8.78 Å². The predicted octanol–water partition coefficient (Wildman–Crippen LogP) is 3.62. The molecule has 0 spiro atoms. The van der Waals surface area contributed by atoms with Crippen LogP contribution in [-0.4, -0.2) is 18.4 Å². The van der Waals surface area contributed by atoms with E-state index in [1.807, 2.05) is 0 Å². The summed E-state index contributed by atoms with van der Waals surface area (Å²) in [7, 11) is 0. The van der Waals surface area contributed by atoms with Gasteiger partial charge < -0.3 is 10.6 Å². The quantitative estimate of drug-likeness (QED) is 0.820. The fraction of sp³-hybridized carbons (Fsp3) is 0.222. The summed E-state index contributed by atoms with van der Waals surface area (Å²) >= 11 is 5.92. The van der Waals surface area contributed by atoms with Crippen LogP contribution in [0.25, 0.3) is 0 Å². The number of hydrogen-bond acceptors (Lipinski definition) is 2. The molecule has 0 aliphatic heterocycles. The Morgan fingerprint density at radius 1 is 1.12 bits per heavy atom. The van der Waals surface area contributed by atoms with Gasteiger partial charge in [0.25, 0.3) is 5.91 Å². The van der Waals surface area contributed by atoms with Gasteiger partial charge in [-0.05, 0) is 36.8 Å². The molecular weight excluding hydrogens is 350 g/mol. The van der Waals surface area contributed by atoms with E-state index >= 15 is 0 Å². The van der Waals surface area contributed by atoms with Crippen LogP contribution < -0.4 is 10.6 Å². The second-order valence-corrected chi connectivity index (χ2v) is 5.86. The minimum Gasteiger partial charge on any atom is -0.351 e. The molecule has 2 aromatic rings. The van der Waals surface area contributed by atoms with Crippen LogP contribution in [0.1, 0.15) is 35.3 Å². The molecule has 0 saturated heterocycles. The molecule has 1 unspecified atom stereocenters. The van der Waals surface area contributed by atoms with E-state index in [0.29, 0.717) is 16.1 Å². The minimum atomic E-state index is -0.967. The largest absolute Gasteiger partial charge is 0.351 e. The summed E-state index contributed by atoms with van der Waals surface area (Å²) in [5, 5.41) is 5.60. The molecule has 4 nitrogen and oxygen atoms in total. The van der Waals surface area contributed by atoms with Gasteiger partial charge in [0.15, 0.2) is 11.6 Å². The fourth-order valence-corrected chi connectivity index (χ4v) is 2.43. The van der Waals surface area contributed by atoms with Gasteiger partial charge in [0.2, 0.25) is 5.91 Å². The van der Waals surface area contributed by atoms with E-state index in [2.05, 4.69) is 10.6 Å². The summed E-state index contributed by atoms with van der Waals surface area (Å²) in [6.45, 7) is 1.79. The SMILES string of the molecule is CC(NC(=O)CCNC(=O)c1ccccc1Cl)c1ccc(F)c(F)c1. The summed E-state index contributed by atoms with van der Waals surface area (Å²) in [5.41, 5.74) is 0.784. The van der Waals surface area contributed by atoms with Gasteiger partial charge in [-0.25, -0.2) is 8.78 Å². The molecule has 0 fully saturated rings. The van der Waals surface area contributed by atoms with Crippen LogP contribution in [0.15, 0.2) is 42.5 Å². The van der Waals surface area contributed by atoms with Crippen molar-refractivity contribution >= 4 is 23.4 Å². The molecule has 0 radical (unpaired) electrons. The molecule has 2 aromatic carbocycles. The fourth-order valence-electron chi connectivity index (χ4n) is 2.21. The number of carbonyl (C=O) groups excluding carboxylic acids is 2. The number of amides is 2. The van der Waals surface area contributed by atoms with Crippen LogP contribution in [0.3, 0.4) is 0 Å². The molecule has 7 heteroatoms. The average molecular weight is 367 g/mol. The second-order valence-electron chi connectivity index (χ2n) is 5.45. The Hall–Kier alpha value is -2.47. The third-order valence-corrected chi connectivity index (χ3v) is 3.91. The highest BCUT2D eigenvalue weighted by atomic mass is 35.5. The molecule has 2 amide bonds. The van der Waals surface area contributed by atoms with Gasteiger partial charge in [-0.3, -0.25) is 9.59 Å². The van der Waals surface area contributed by atoms with Gasteiger partial charge in [0.1, 0.15) is 0 Å². The molecule has 0 aliphatic rings. The molecule has 0 heterocycles. The van der Waals surface area contributed by atoms with Crippen molar-refractivity contribution in [2.24, 2.45) is 0 Å². The van der Waals surface area contributed by atoms with E-state index in [1.54, 1.807) is 31.2 Å². The van der Waals surface area contributed by atoms with E-state index in [1.165, 1.54) is 6.07 Å². The molecule has 0 bridgehead atoms. The molecule has 132 valence electrons. The Kier molecular flexibility index (Phi) is 6.47. The molecule has 0 saturated carbocycles. The Morgan fingerprint density at radius 2 is 1.84 bits per heavy atom. The second kappa shape index (κ2) is 8.58. The number of halogens is 3. The van der Waals surface area contributed by atoms with Gasteiger partial charge in [0, 0.05) is 13.0 Å². The smallest absolute Gasteiger partial charge is 0.252 e. The molecule has 25 heavy (non-hydrogen) atoms. The monoisotopic (exact) mass is 366 g/mol. The van der Waals surface area contributed by atoms with E-state index in [4.69, 9.17) is 11.6 Å². The van der Waals surface area contributed by atoms with Gasteiger partial charge in [0.05, 0.1) is 16.6 Å². The van der Waals surface area contributed by atoms with Gasteiger partial charge in [-0.1, -0.05) is 29.8 Å². The lowest BCUT2D eigenvalue weighted by Gasteiger charge is -2.15. The third kappa shape index (κ3) is 5.26. The Bertz CT molecular complexity index is 783. The van der Waals surface area contributed by atoms with E-state index in [9.17, 15) is 18.4 Å². The molecule has 1 atom stereocenters. The predicted molar refractivity (Wildman–Crippen MR) is 91.3 cm³/mol. The maximum atomic E-state index is 13.2. The molecular formula is C18H17ClF2N2O2. The summed E-state index contributed by atoms with van der Waals surface area (Å²) in [6.07, 6.45) is 0.0458. The Balaban J connectivity index is 1.81. The number of benzene rings is 2. The topological polar surface area (TPSA) is 58.2 Å². The first-order valence-electron chi connectivity index (χ1n) is 7.65. The zero-order chi connectivity index (χ0) is 18.4. The van der Waals surface area contributed by atoms with Crippen molar-refractivity contribution in [3.63, 3.8) is 0 Å². The molecule has 2 rings (SSSR count). The van der Waals surface area contributed by atoms with Crippen molar-refractivity contribution < 1.29 is 18.4 Å². The summed E-state index contributed by atoms with van der Waals surface area (Å²) in [6, 6.07) is 9.57. The van der Waals surface area contributed by atoms with Gasteiger partial charge in [-0.15, -0.1) is 0 Å². The van der Waals surface area contributed by atoms with Crippen LogP contribution in [0.5, 0.6) is 0 Å². The van der Waals surface area contributed by atoms with Crippen molar-refractivity contribution in [3.05, 3.63) is 70.2 Å². The van der Waals surface area contributed by atoms with Crippen molar-refractivity contribution in [3.8, 4) is 0 Å². The number of nitrogens with one attached hydrogen (secondary N) is 2. The third-order valence-electron chi connectivity index (χ3n) is 3.58. The first kappa shape index (κ1) is 18.9. The number of rotatable bonds is 6. The van der Waals surface area contributed by atoms with Crippen molar-refractivity contribution in [2.45, 2.75) is 19.4 Å². The van der Waals surface area contributed by atoms with Crippen molar-refractivity contribution in [1.82, 2.24) is 10.6 Å². The average Bonchev–Trinajstić information content (AvgIpc) is 2.57. The summed E-state index contributed by atoms with van der Waals surface area (Å²) in [4.78, 5) is 23.9. The number of carbonyl (C=O) groups is 2. The zero-order valence-corrected chi connectivity index (χ0v) is 14.2. The van der Waals surface area contributed by atoms with Crippen LogP contribution in [0, 0.1) is 11.6 Å². The first-order valence-corrected chi connectivity index (χ1v) is 8.03. The minimum absolute atomic E-state index is 0.0458. The highest BCUT2D eigenvalue weighted by Gasteiger charge is 2.13. The zero-order valence-electron chi connectivity index (χ0n) is 13.5. The van der Waals surface area contributed by atoms with Crippen LogP contribution >= 0.6 is 11.6 Å². The maximum Gasteiger partial charge on any atom is 0.252 e. The van der Waals surface area contributed by atoms with Crippen LogP contribution in [-0.2, 0) is 4.79 Å². The lowest BCUT2D eigenvalue weighted by molar-refractivity contribution is -0.121. The van der Waals surface area contributed by atoms with Crippen molar-refractivity contribution in [1.29, 1.82) is 0 Å². The molecule has 2 N–H and O–H groups in total. The van der Waals surface area contributed by atoms with Crippen LogP contribution in [0.2, 0.25) is 5.02 Å². The lowest BCUT2D eigenvalue weighted by atomic mass is 10.1. The standard InChI is InChI=1S/C18H17ClF2N2O2/c1-11(12-6-7-15(20)16(21)10-12)23-17(24)8-9-22-18(25)13-4-2-3-5-14(13)19/h2-7,10-11H,8-9H2,1H3,(H,22,25)(H,23,24).